The first kappa shape index (κ1) is 27.1. The van der Waals surface area contributed by atoms with Gasteiger partial charge in [0.1, 0.15) is 18.5 Å². The first-order chi connectivity index (χ1) is 19.3. The number of hydrogen-bond donors (Lipinski definition) is 3. The zero-order valence-electron chi connectivity index (χ0n) is 21.7. The Kier molecular flexibility index (Phi) is 7.91. The number of carbonyl (C=O) groups is 1. The number of aromatic nitrogens is 5. The Balaban J connectivity index is 1.28. The molecular formula is C27H28F3N9O. The number of amides is 1. The molecule has 13 heteroatoms. The summed E-state index contributed by atoms with van der Waals surface area (Å²) in [7, 11) is 0. The molecule has 40 heavy (non-hydrogen) atoms. The van der Waals surface area contributed by atoms with Crippen LogP contribution in [0.1, 0.15) is 34.3 Å². The molecule has 0 saturated carbocycles. The maximum absolute atomic E-state index is 13.1. The van der Waals surface area contributed by atoms with Gasteiger partial charge in [0.05, 0.1) is 5.56 Å². The molecular weight excluding hydrogens is 523 g/mol. The second kappa shape index (κ2) is 11.7. The Hall–Kier alpha value is -4.52. The Bertz CT molecular complexity index is 1480. The second-order valence-corrected chi connectivity index (χ2v) is 9.42. The third-order valence-corrected chi connectivity index (χ3v) is 6.54. The number of nitrogens with zero attached hydrogens (tertiary/aromatic N) is 6. The maximum Gasteiger partial charge on any atom is 0.416 e. The molecule has 208 valence electrons. The van der Waals surface area contributed by atoms with E-state index in [2.05, 4.69) is 40.9 Å². The summed E-state index contributed by atoms with van der Waals surface area (Å²) < 4.78 is 40.7. The molecule has 10 nitrogen and oxygen atoms in total. The van der Waals surface area contributed by atoms with Crippen molar-refractivity contribution < 1.29 is 18.0 Å². The fourth-order valence-electron chi connectivity index (χ4n) is 4.40. The summed E-state index contributed by atoms with van der Waals surface area (Å²) in [4.78, 5) is 28.0. The predicted octanol–water partition coefficient (Wildman–Crippen LogP) is 4.89. The average molecular weight is 552 g/mol. The van der Waals surface area contributed by atoms with E-state index in [1.54, 1.807) is 24.3 Å². The van der Waals surface area contributed by atoms with Gasteiger partial charge in [-0.05, 0) is 68.8 Å². The van der Waals surface area contributed by atoms with Gasteiger partial charge in [-0.1, -0.05) is 12.1 Å². The summed E-state index contributed by atoms with van der Waals surface area (Å²) in [6.07, 6.45) is 0.781. The minimum absolute atomic E-state index is 0.0988. The second-order valence-electron chi connectivity index (χ2n) is 9.42. The summed E-state index contributed by atoms with van der Waals surface area (Å²) in [6, 6.07) is 11.2. The molecule has 4 aromatic rings. The number of likely N-dealkylation sites (tertiary alicyclic amines) is 1. The molecule has 2 aromatic carbocycles. The first-order valence-electron chi connectivity index (χ1n) is 12.8. The monoisotopic (exact) mass is 551 g/mol. The van der Waals surface area contributed by atoms with Gasteiger partial charge in [-0.3, -0.25) is 4.79 Å². The molecule has 0 spiro atoms. The molecule has 1 aliphatic heterocycles. The highest BCUT2D eigenvalue weighted by Gasteiger charge is 2.31. The van der Waals surface area contributed by atoms with Crippen LogP contribution in [0, 0.1) is 6.92 Å². The SMILES string of the molecule is Cc1ccc(NC(=O)c2cccc(C(F)(F)F)c2)cc1Nc1ncnn1-c1cc(NCCN2CCCC2)ncn1. The van der Waals surface area contributed by atoms with Crippen molar-refractivity contribution in [1.29, 1.82) is 0 Å². The van der Waals surface area contributed by atoms with E-state index in [4.69, 9.17) is 0 Å². The summed E-state index contributed by atoms with van der Waals surface area (Å²) in [5.41, 5.74) is 0.875. The van der Waals surface area contributed by atoms with Crippen molar-refractivity contribution in [2.45, 2.75) is 25.9 Å². The number of rotatable bonds is 9. The molecule has 5 rings (SSSR count). The lowest BCUT2D eigenvalue weighted by atomic mass is 10.1. The van der Waals surface area contributed by atoms with Crippen LogP contribution < -0.4 is 16.0 Å². The largest absolute Gasteiger partial charge is 0.416 e. The number of alkyl halides is 3. The molecule has 1 saturated heterocycles. The lowest BCUT2D eigenvalue weighted by Gasteiger charge is -2.15. The Labute approximate surface area is 228 Å². The number of nitrogens with one attached hydrogen (secondary N) is 3. The molecule has 0 unspecified atom stereocenters. The quantitative estimate of drug-likeness (QED) is 0.270. The minimum atomic E-state index is -4.54. The van der Waals surface area contributed by atoms with Gasteiger partial charge < -0.3 is 20.9 Å². The third kappa shape index (κ3) is 6.54. The summed E-state index contributed by atoms with van der Waals surface area (Å²) >= 11 is 0. The van der Waals surface area contributed by atoms with Crippen molar-refractivity contribution in [3.63, 3.8) is 0 Å². The number of halogens is 3. The molecule has 1 amide bonds. The molecule has 1 aliphatic rings. The van der Waals surface area contributed by atoms with E-state index >= 15 is 0 Å². The molecule has 3 N–H and O–H groups in total. The number of aryl methyl sites for hydroxylation is 1. The van der Waals surface area contributed by atoms with E-state index in [0.29, 0.717) is 29.0 Å². The molecule has 0 aliphatic carbocycles. The van der Waals surface area contributed by atoms with Crippen molar-refractivity contribution >= 4 is 29.0 Å². The van der Waals surface area contributed by atoms with Crippen LogP contribution in [0.5, 0.6) is 0 Å². The van der Waals surface area contributed by atoms with Crippen LogP contribution in [0.3, 0.4) is 0 Å². The number of carbonyl (C=O) groups excluding carboxylic acids is 1. The lowest BCUT2D eigenvalue weighted by Crippen LogP contribution is -2.26. The zero-order chi connectivity index (χ0) is 28.1. The van der Waals surface area contributed by atoms with Crippen molar-refractivity contribution in [2.24, 2.45) is 0 Å². The van der Waals surface area contributed by atoms with E-state index in [9.17, 15) is 18.0 Å². The van der Waals surface area contributed by atoms with Crippen LogP contribution in [0.2, 0.25) is 0 Å². The van der Waals surface area contributed by atoms with E-state index in [0.717, 1.165) is 43.9 Å². The molecule has 3 heterocycles. The van der Waals surface area contributed by atoms with Gasteiger partial charge >= 0.3 is 6.18 Å². The highest BCUT2D eigenvalue weighted by atomic mass is 19.4. The highest BCUT2D eigenvalue weighted by Crippen LogP contribution is 2.30. The first-order valence-corrected chi connectivity index (χ1v) is 12.8. The van der Waals surface area contributed by atoms with Crippen molar-refractivity contribution in [3.05, 3.63) is 77.9 Å². The normalized spacial score (nSPS) is 13.8. The predicted molar refractivity (Wildman–Crippen MR) is 145 cm³/mol. The van der Waals surface area contributed by atoms with Gasteiger partial charge in [-0.2, -0.15) is 27.9 Å². The highest BCUT2D eigenvalue weighted by molar-refractivity contribution is 6.04. The third-order valence-electron chi connectivity index (χ3n) is 6.54. The van der Waals surface area contributed by atoms with Crippen LogP contribution in [-0.2, 0) is 6.18 Å². The summed E-state index contributed by atoms with van der Waals surface area (Å²) in [6.45, 7) is 5.82. The van der Waals surface area contributed by atoms with Gasteiger partial charge in [-0.25, -0.2) is 9.97 Å². The molecule has 1 fully saturated rings. The number of benzene rings is 2. The molecule has 0 bridgehead atoms. The van der Waals surface area contributed by atoms with Gasteiger partial charge in [0.15, 0.2) is 5.82 Å². The maximum atomic E-state index is 13.1. The van der Waals surface area contributed by atoms with Gasteiger partial charge in [0, 0.05) is 36.1 Å². The van der Waals surface area contributed by atoms with Crippen LogP contribution in [0.25, 0.3) is 5.82 Å². The molecule has 0 radical (unpaired) electrons. The topological polar surface area (TPSA) is 113 Å². The van der Waals surface area contributed by atoms with Crippen LogP contribution in [0.15, 0.2) is 61.2 Å². The number of anilines is 4. The van der Waals surface area contributed by atoms with E-state index in [1.807, 2.05) is 6.92 Å². The zero-order valence-corrected chi connectivity index (χ0v) is 21.7. The van der Waals surface area contributed by atoms with Crippen LogP contribution in [0.4, 0.5) is 36.3 Å². The van der Waals surface area contributed by atoms with Crippen LogP contribution >= 0.6 is 0 Å². The number of hydrogen-bond acceptors (Lipinski definition) is 8. The molecule has 0 atom stereocenters. The summed E-state index contributed by atoms with van der Waals surface area (Å²) in [5, 5.41) is 13.5. The fourth-order valence-corrected chi connectivity index (χ4v) is 4.40. The Morgan fingerprint density at radius 3 is 2.62 bits per heavy atom. The van der Waals surface area contributed by atoms with Crippen LogP contribution in [-0.4, -0.2) is 61.7 Å². The van der Waals surface area contributed by atoms with E-state index < -0.39 is 17.6 Å². The standard InChI is InChI=1S/C27H28F3N9O/c1-18-7-8-21(36-25(40)19-5-4-6-20(13-19)27(28,29)30)14-22(18)37-26-34-17-35-39(26)24-15-23(32-16-33-24)31-9-12-38-10-2-3-11-38/h4-8,13-17H,2-3,9-12H2,1H3,(H,36,40)(H,31,32,33)(H,34,35,37). The summed E-state index contributed by atoms with van der Waals surface area (Å²) in [5.74, 6) is 0.896. The van der Waals surface area contributed by atoms with Crippen molar-refractivity contribution in [3.8, 4) is 5.82 Å². The van der Waals surface area contributed by atoms with Gasteiger partial charge in [0.25, 0.3) is 5.91 Å². The lowest BCUT2D eigenvalue weighted by molar-refractivity contribution is -0.137. The average Bonchev–Trinajstić information content (AvgIpc) is 3.63. The van der Waals surface area contributed by atoms with Gasteiger partial charge in [-0.15, -0.1) is 0 Å². The fraction of sp³-hybridized carbons (Fsp3) is 0.296. The van der Waals surface area contributed by atoms with Gasteiger partial charge in [0.2, 0.25) is 5.95 Å². The van der Waals surface area contributed by atoms with Crippen molar-refractivity contribution in [1.82, 2.24) is 29.6 Å². The van der Waals surface area contributed by atoms with E-state index in [1.165, 1.54) is 42.3 Å². The van der Waals surface area contributed by atoms with E-state index in [-0.39, 0.29) is 5.56 Å². The Morgan fingerprint density at radius 1 is 1.00 bits per heavy atom. The molecule has 2 aromatic heterocycles. The minimum Gasteiger partial charge on any atom is -0.369 e. The van der Waals surface area contributed by atoms with Crippen molar-refractivity contribution in [2.75, 3.05) is 42.1 Å². The Morgan fingerprint density at radius 2 is 1.82 bits per heavy atom. The smallest absolute Gasteiger partial charge is 0.369 e.